The zero-order chi connectivity index (χ0) is 14.5. The van der Waals surface area contributed by atoms with Crippen molar-refractivity contribution in [1.29, 1.82) is 0 Å². The van der Waals surface area contributed by atoms with Gasteiger partial charge in [-0.2, -0.15) is 0 Å². The monoisotopic (exact) mass is 356 g/mol. The summed E-state index contributed by atoms with van der Waals surface area (Å²) in [4.78, 5) is 20.0. The summed E-state index contributed by atoms with van der Waals surface area (Å²) in [6.07, 6.45) is 3.21. The Morgan fingerprint density at radius 2 is 2.25 bits per heavy atom. The van der Waals surface area contributed by atoms with Crippen LogP contribution in [0.4, 0.5) is 5.82 Å². The largest absolute Gasteiger partial charge is 0.390 e. The Hall–Kier alpha value is -1.38. The van der Waals surface area contributed by atoms with Crippen molar-refractivity contribution < 1.29 is 9.90 Å². The average molecular weight is 357 g/mol. The second-order valence-corrected chi connectivity index (χ2v) is 5.81. The molecule has 2 rings (SSSR count). The summed E-state index contributed by atoms with van der Waals surface area (Å²) in [6, 6.07) is 3.53. The lowest BCUT2D eigenvalue weighted by atomic mass is 10.4. The molecule has 0 aliphatic heterocycles. The van der Waals surface area contributed by atoms with Gasteiger partial charge in [0.1, 0.15) is 5.82 Å². The van der Waals surface area contributed by atoms with Gasteiger partial charge in [0.05, 0.1) is 24.3 Å². The minimum atomic E-state index is -0.154. The average Bonchev–Trinajstić information content (AvgIpc) is 2.79. The van der Waals surface area contributed by atoms with Crippen molar-refractivity contribution in [3.05, 3.63) is 34.7 Å². The molecule has 2 heterocycles. The Labute approximate surface area is 128 Å². The normalized spacial score (nSPS) is 10.6. The zero-order valence-electron chi connectivity index (χ0n) is 10.7. The molecule has 0 atom stereocenters. The highest BCUT2D eigenvalue weighted by Crippen LogP contribution is 2.17. The number of pyridine rings is 1. The second-order valence-electron chi connectivity index (χ2n) is 3.95. The highest BCUT2D eigenvalue weighted by molar-refractivity contribution is 9.10. The van der Waals surface area contributed by atoms with Gasteiger partial charge in [-0.25, -0.2) is 9.97 Å². The predicted octanol–water partition coefficient (Wildman–Crippen LogP) is 1.80. The number of hydrogen-bond acceptors (Lipinski definition) is 5. The lowest BCUT2D eigenvalue weighted by Crippen LogP contribution is -2.15. The number of aliphatic hydroxyl groups excluding tert-OH is 1. The van der Waals surface area contributed by atoms with Crippen molar-refractivity contribution in [2.75, 3.05) is 11.1 Å². The van der Waals surface area contributed by atoms with Gasteiger partial charge in [-0.15, -0.1) is 0 Å². The van der Waals surface area contributed by atoms with Gasteiger partial charge < -0.3 is 15.0 Å². The molecule has 0 bridgehead atoms. The van der Waals surface area contributed by atoms with Crippen molar-refractivity contribution in [2.24, 2.45) is 7.05 Å². The molecule has 2 aromatic heterocycles. The van der Waals surface area contributed by atoms with Crippen LogP contribution in [0.1, 0.15) is 5.69 Å². The Balaban J connectivity index is 1.88. The van der Waals surface area contributed by atoms with Gasteiger partial charge in [0.15, 0.2) is 5.16 Å². The lowest BCUT2D eigenvalue weighted by Gasteiger charge is -2.05. The minimum Gasteiger partial charge on any atom is -0.390 e. The summed E-state index contributed by atoms with van der Waals surface area (Å²) >= 11 is 4.58. The molecule has 0 aliphatic carbocycles. The molecule has 0 unspecified atom stereocenters. The van der Waals surface area contributed by atoms with Crippen LogP contribution in [-0.4, -0.2) is 31.3 Å². The fourth-order valence-corrected chi connectivity index (χ4v) is 2.47. The van der Waals surface area contributed by atoms with Crippen LogP contribution < -0.4 is 5.32 Å². The third-order valence-corrected chi connectivity index (χ3v) is 4.04. The molecule has 20 heavy (non-hydrogen) atoms. The Morgan fingerprint density at radius 1 is 1.45 bits per heavy atom. The van der Waals surface area contributed by atoms with E-state index < -0.39 is 0 Å². The van der Waals surface area contributed by atoms with E-state index in [-0.39, 0.29) is 18.3 Å². The molecule has 0 aliphatic rings. The standard InChI is InChI=1S/C12H13BrN4O2S/c1-17-9(6-18)5-15-12(17)20-7-11(19)16-10-3-2-8(13)4-14-10/h2-5,18H,6-7H2,1H3,(H,14,16,19). The fraction of sp³-hybridized carbons (Fsp3) is 0.250. The Bertz CT molecular complexity index is 600. The number of carbonyl (C=O) groups excluding carboxylic acids is 1. The number of carbonyl (C=O) groups is 1. The van der Waals surface area contributed by atoms with E-state index in [0.29, 0.717) is 16.7 Å². The smallest absolute Gasteiger partial charge is 0.236 e. The number of rotatable bonds is 5. The van der Waals surface area contributed by atoms with E-state index in [1.54, 1.807) is 30.1 Å². The van der Waals surface area contributed by atoms with Crippen molar-refractivity contribution in [3.63, 3.8) is 0 Å². The molecule has 106 valence electrons. The highest BCUT2D eigenvalue weighted by Gasteiger charge is 2.09. The number of nitrogens with zero attached hydrogens (tertiary/aromatic N) is 3. The van der Waals surface area contributed by atoms with Crippen LogP contribution in [0.5, 0.6) is 0 Å². The zero-order valence-corrected chi connectivity index (χ0v) is 13.1. The molecule has 2 N–H and O–H groups in total. The first-order valence-electron chi connectivity index (χ1n) is 5.76. The van der Waals surface area contributed by atoms with E-state index in [1.807, 2.05) is 6.07 Å². The van der Waals surface area contributed by atoms with Crippen LogP contribution in [0.15, 0.2) is 34.2 Å². The second kappa shape index (κ2) is 6.87. The van der Waals surface area contributed by atoms with Crippen molar-refractivity contribution in [1.82, 2.24) is 14.5 Å². The molecule has 0 spiro atoms. The summed E-state index contributed by atoms with van der Waals surface area (Å²) in [6.45, 7) is -0.0704. The number of nitrogens with one attached hydrogen (secondary N) is 1. The predicted molar refractivity (Wildman–Crippen MR) is 80.4 cm³/mol. The van der Waals surface area contributed by atoms with Gasteiger partial charge in [0, 0.05) is 17.7 Å². The summed E-state index contributed by atoms with van der Waals surface area (Å²) in [5.41, 5.74) is 0.711. The van der Waals surface area contributed by atoms with Crippen LogP contribution in [0, 0.1) is 0 Å². The van der Waals surface area contributed by atoms with E-state index in [9.17, 15) is 4.79 Å². The van der Waals surface area contributed by atoms with E-state index in [1.165, 1.54) is 11.8 Å². The molecule has 0 fully saturated rings. The number of anilines is 1. The first-order chi connectivity index (χ1) is 9.60. The molecule has 2 aromatic rings. The summed E-state index contributed by atoms with van der Waals surface area (Å²) in [5.74, 6) is 0.584. The number of halogens is 1. The Morgan fingerprint density at radius 3 is 2.85 bits per heavy atom. The molecular weight excluding hydrogens is 344 g/mol. The summed E-state index contributed by atoms with van der Waals surface area (Å²) in [7, 11) is 1.80. The van der Waals surface area contributed by atoms with Crippen LogP contribution >= 0.6 is 27.7 Å². The highest BCUT2D eigenvalue weighted by atomic mass is 79.9. The minimum absolute atomic E-state index is 0.0704. The molecule has 1 amide bonds. The van der Waals surface area contributed by atoms with E-state index in [2.05, 4.69) is 31.2 Å². The molecule has 6 nitrogen and oxygen atoms in total. The molecule has 0 aromatic carbocycles. The first kappa shape index (κ1) is 15.0. The van der Waals surface area contributed by atoms with Gasteiger partial charge >= 0.3 is 0 Å². The maximum Gasteiger partial charge on any atom is 0.236 e. The summed E-state index contributed by atoms with van der Waals surface area (Å²) in [5, 5.41) is 12.5. The van der Waals surface area contributed by atoms with Crippen LogP contribution in [0.2, 0.25) is 0 Å². The van der Waals surface area contributed by atoms with Crippen LogP contribution in [0.3, 0.4) is 0 Å². The molecule has 8 heteroatoms. The molecule has 0 saturated heterocycles. The van der Waals surface area contributed by atoms with E-state index in [0.717, 1.165) is 4.47 Å². The third kappa shape index (κ3) is 3.81. The van der Waals surface area contributed by atoms with Crippen molar-refractivity contribution >= 4 is 39.4 Å². The number of aliphatic hydroxyl groups is 1. The van der Waals surface area contributed by atoms with E-state index >= 15 is 0 Å². The Kier molecular flexibility index (Phi) is 5.16. The van der Waals surface area contributed by atoms with Crippen LogP contribution in [-0.2, 0) is 18.4 Å². The molecule has 0 radical (unpaired) electrons. The maximum atomic E-state index is 11.8. The quantitative estimate of drug-likeness (QED) is 0.798. The number of imidazole rings is 1. The SMILES string of the molecule is Cn1c(CO)cnc1SCC(=O)Nc1ccc(Br)cn1. The van der Waals surface area contributed by atoms with Crippen LogP contribution in [0.25, 0.3) is 0 Å². The van der Waals surface area contributed by atoms with Gasteiger partial charge in [-0.05, 0) is 28.1 Å². The first-order valence-corrected chi connectivity index (χ1v) is 7.53. The van der Waals surface area contributed by atoms with Crippen molar-refractivity contribution in [3.8, 4) is 0 Å². The number of thioether (sulfide) groups is 1. The number of amides is 1. The maximum absolute atomic E-state index is 11.8. The van der Waals surface area contributed by atoms with Gasteiger partial charge in [-0.1, -0.05) is 11.8 Å². The van der Waals surface area contributed by atoms with Crippen molar-refractivity contribution in [2.45, 2.75) is 11.8 Å². The fourth-order valence-electron chi connectivity index (χ4n) is 1.47. The topological polar surface area (TPSA) is 80.0 Å². The van der Waals surface area contributed by atoms with Gasteiger partial charge in [-0.3, -0.25) is 4.79 Å². The number of hydrogen-bond donors (Lipinski definition) is 2. The summed E-state index contributed by atoms with van der Waals surface area (Å²) < 4.78 is 2.62. The lowest BCUT2D eigenvalue weighted by molar-refractivity contribution is -0.113. The molecule has 0 saturated carbocycles. The number of aromatic nitrogens is 3. The third-order valence-electron chi connectivity index (χ3n) is 2.53. The molecular formula is C12H13BrN4O2S. The van der Waals surface area contributed by atoms with Gasteiger partial charge in [0.2, 0.25) is 5.91 Å². The van der Waals surface area contributed by atoms with Gasteiger partial charge in [0.25, 0.3) is 0 Å². The van der Waals surface area contributed by atoms with E-state index in [4.69, 9.17) is 5.11 Å².